The minimum absolute atomic E-state index is 1.10. The SMILES string of the molecule is C=CC=Cc1ccccc1N/C=C/C. The topological polar surface area (TPSA) is 12.0 Å². The maximum Gasteiger partial charge on any atom is 0.0453 e. The minimum Gasteiger partial charge on any atom is -0.362 e. The van der Waals surface area contributed by atoms with Gasteiger partial charge in [-0.1, -0.05) is 49.1 Å². The molecule has 0 unspecified atom stereocenters. The molecule has 0 radical (unpaired) electrons. The summed E-state index contributed by atoms with van der Waals surface area (Å²) in [5.74, 6) is 0. The van der Waals surface area contributed by atoms with Crippen LogP contribution in [0.2, 0.25) is 0 Å². The quantitative estimate of drug-likeness (QED) is 0.703. The van der Waals surface area contributed by atoms with Crippen LogP contribution in [0.5, 0.6) is 0 Å². The molecule has 72 valence electrons. The Morgan fingerprint density at radius 2 is 2.07 bits per heavy atom. The van der Waals surface area contributed by atoms with Crippen molar-refractivity contribution in [3.63, 3.8) is 0 Å². The Morgan fingerprint density at radius 3 is 2.79 bits per heavy atom. The Balaban J connectivity index is 2.90. The van der Waals surface area contributed by atoms with E-state index in [0.29, 0.717) is 0 Å². The molecule has 0 fully saturated rings. The van der Waals surface area contributed by atoms with Crippen molar-refractivity contribution in [2.24, 2.45) is 0 Å². The first-order valence-electron chi connectivity index (χ1n) is 4.64. The molecule has 0 saturated heterocycles. The van der Waals surface area contributed by atoms with Crippen LogP contribution in [0.4, 0.5) is 5.69 Å². The molecule has 0 aliphatic carbocycles. The zero-order chi connectivity index (χ0) is 10.2. The van der Waals surface area contributed by atoms with Crippen LogP contribution >= 0.6 is 0 Å². The van der Waals surface area contributed by atoms with Crippen LogP contribution in [0.15, 0.2) is 55.3 Å². The zero-order valence-corrected chi connectivity index (χ0v) is 8.40. The smallest absolute Gasteiger partial charge is 0.0453 e. The number of para-hydroxylation sites is 1. The van der Waals surface area contributed by atoms with E-state index in [1.54, 1.807) is 6.08 Å². The Hall–Kier alpha value is -1.76. The monoisotopic (exact) mass is 185 g/mol. The molecule has 14 heavy (non-hydrogen) atoms. The molecule has 0 aromatic heterocycles. The van der Waals surface area contributed by atoms with Gasteiger partial charge < -0.3 is 5.32 Å². The molecule has 1 aromatic rings. The lowest BCUT2D eigenvalue weighted by molar-refractivity contribution is 1.53. The lowest BCUT2D eigenvalue weighted by Crippen LogP contribution is -1.89. The molecule has 1 N–H and O–H groups in total. The van der Waals surface area contributed by atoms with Gasteiger partial charge in [0.1, 0.15) is 0 Å². The van der Waals surface area contributed by atoms with Crippen molar-refractivity contribution in [2.45, 2.75) is 6.92 Å². The van der Waals surface area contributed by atoms with Crippen molar-refractivity contribution in [3.8, 4) is 0 Å². The summed E-state index contributed by atoms with van der Waals surface area (Å²) in [6.45, 7) is 5.63. The molecule has 0 amide bonds. The molecule has 0 heterocycles. The second kappa shape index (κ2) is 5.81. The number of allylic oxidation sites excluding steroid dienone is 3. The van der Waals surface area contributed by atoms with Crippen LogP contribution in [0.3, 0.4) is 0 Å². The molecule has 0 atom stereocenters. The van der Waals surface area contributed by atoms with Gasteiger partial charge in [-0.05, 0) is 24.8 Å². The fraction of sp³-hybridized carbons (Fsp3) is 0.0769. The lowest BCUT2D eigenvalue weighted by atomic mass is 10.1. The molecule has 1 aromatic carbocycles. The van der Waals surface area contributed by atoms with Gasteiger partial charge in [0.15, 0.2) is 0 Å². The maximum absolute atomic E-state index is 3.65. The Morgan fingerprint density at radius 1 is 1.29 bits per heavy atom. The van der Waals surface area contributed by atoms with Gasteiger partial charge in [-0.3, -0.25) is 0 Å². The first kappa shape index (κ1) is 10.3. The van der Waals surface area contributed by atoms with Crippen LogP contribution in [0.1, 0.15) is 12.5 Å². The molecule has 0 aliphatic heterocycles. The van der Waals surface area contributed by atoms with E-state index in [-0.39, 0.29) is 0 Å². The average Bonchev–Trinajstić information content (AvgIpc) is 2.24. The summed E-state index contributed by atoms with van der Waals surface area (Å²) in [6, 6.07) is 8.13. The standard InChI is InChI=1S/C13H15N/c1-3-5-8-12-9-6-7-10-13(12)14-11-4-2/h3-11,14H,1H2,2H3/b8-5?,11-4+. The molecular weight excluding hydrogens is 170 g/mol. The van der Waals surface area contributed by atoms with Crippen molar-refractivity contribution in [1.82, 2.24) is 0 Å². The van der Waals surface area contributed by atoms with E-state index >= 15 is 0 Å². The van der Waals surface area contributed by atoms with Gasteiger partial charge in [0, 0.05) is 5.69 Å². The van der Waals surface area contributed by atoms with E-state index in [1.807, 2.05) is 49.6 Å². The van der Waals surface area contributed by atoms with Crippen molar-refractivity contribution in [1.29, 1.82) is 0 Å². The first-order chi connectivity index (χ1) is 6.88. The van der Waals surface area contributed by atoms with Gasteiger partial charge in [-0.2, -0.15) is 0 Å². The van der Waals surface area contributed by atoms with E-state index < -0.39 is 0 Å². The highest BCUT2D eigenvalue weighted by atomic mass is 14.8. The maximum atomic E-state index is 3.65. The second-order valence-electron chi connectivity index (χ2n) is 2.83. The normalized spacial score (nSPS) is 10.9. The van der Waals surface area contributed by atoms with E-state index in [9.17, 15) is 0 Å². The lowest BCUT2D eigenvalue weighted by Gasteiger charge is -2.04. The zero-order valence-electron chi connectivity index (χ0n) is 8.40. The van der Waals surface area contributed by atoms with Crippen molar-refractivity contribution < 1.29 is 0 Å². The van der Waals surface area contributed by atoms with Gasteiger partial charge in [0.2, 0.25) is 0 Å². The highest BCUT2D eigenvalue weighted by Crippen LogP contribution is 2.16. The van der Waals surface area contributed by atoms with E-state index in [4.69, 9.17) is 0 Å². The average molecular weight is 185 g/mol. The third kappa shape index (κ3) is 2.94. The number of benzene rings is 1. The van der Waals surface area contributed by atoms with Crippen LogP contribution in [-0.4, -0.2) is 0 Å². The summed E-state index contributed by atoms with van der Waals surface area (Å²) < 4.78 is 0. The number of hydrogen-bond donors (Lipinski definition) is 1. The summed E-state index contributed by atoms with van der Waals surface area (Å²) >= 11 is 0. The van der Waals surface area contributed by atoms with Crippen LogP contribution in [-0.2, 0) is 0 Å². The van der Waals surface area contributed by atoms with Crippen LogP contribution < -0.4 is 5.32 Å². The Labute approximate surface area is 85.5 Å². The molecule has 1 heteroatoms. The van der Waals surface area contributed by atoms with Gasteiger partial charge in [-0.15, -0.1) is 0 Å². The summed E-state index contributed by atoms with van der Waals surface area (Å²) in [5.41, 5.74) is 2.26. The fourth-order valence-electron chi connectivity index (χ4n) is 1.12. The van der Waals surface area contributed by atoms with Crippen molar-refractivity contribution in [2.75, 3.05) is 5.32 Å². The van der Waals surface area contributed by atoms with Gasteiger partial charge in [0.25, 0.3) is 0 Å². The third-order valence-corrected chi connectivity index (χ3v) is 1.78. The van der Waals surface area contributed by atoms with E-state index in [2.05, 4.69) is 18.0 Å². The van der Waals surface area contributed by atoms with Crippen LogP contribution in [0, 0.1) is 0 Å². The third-order valence-electron chi connectivity index (χ3n) is 1.78. The number of rotatable bonds is 4. The molecule has 0 saturated carbocycles. The summed E-state index contributed by atoms with van der Waals surface area (Å²) in [4.78, 5) is 0. The summed E-state index contributed by atoms with van der Waals surface area (Å²) in [5, 5.41) is 3.21. The Kier molecular flexibility index (Phi) is 4.29. The number of anilines is 1. The number of nitrogens with one attached hydrogen (secondary N) is 1. The predicted molar refractivity (Wildman–Crippen MR) is 64.1 cm³/mol. The summed E-state index contributed by atoms with van der Waals surface area (Å²) in [6.07, 6.45) is 9.61. The molecular formula is C13H15N. The van der Waals surface area contributed by atoms with E-state index in [0.717, 1.165) is 11.3 Å². The molecule has 0 bridgehead atoms. The molecule has 0 spiro atoms. The predicted octanol–water partition coefficient (Wildman–Crippen LogP) is 3.83. The van der Waals surface area contributed by atoms with Gasteiger partial charge in [-0.25, -0.2) is 0 Å². The molecule has 0 aliphatic rings. The van der Waals surface area contributed by atoms with Crippen LogP contribution in [0.25, 0.3) is 6.08 Å². The molecule has 1 nitrogen and oxygen atoms in total. The largest absolute Gasteiger partial charge is 0.362 e. The van der Waals surface area contributed by atoms with Gasteiger partial charge >= 0.3 is 0 Å². The minimum atomic E-state index is 1.10. The number of hydrogen-bond acceptors (Lipinski definition) is 1. The van der Waals surface area contributed by atoms with Gasteiger partial charge in [0.05, 0.1) is 0 Å². The molecule has 1 rings (SSSR count). The second-order valence-corrected chi connectivity index (χ2v) is 2.83. The van der Waals surface area contributed by atoms with Crippen molar-refractivity contribution >= 4 is 11.8 Å². The highest BCUT2D eigenvalue weighted by Gasteiger charge is 1.93. The summed E-state index contributed by atoms with van der Waals surface area (Å²) in [7, 11) is 0. The first-order valence-corrected chi connectivity index (χ1v) is 4.64. The van der Waals surface area contributed by atoms with E-state index in [1.165, 1.54) is 0 Å². The fourth-order valence-corrected chi connectivity index (χ4v) is 1.12. The Bertz CT molecular complexity index is 348. The van der Waals surface area contributed by atoms with Crippen molar-refractivity contribution in [3.05, 3.63) is 60.8 Å². The highest BCUT2D eigenvalue weighted by molar-refractivity contribution is 5.67.